The van der Waals surface area contributed by atoms with Crippen LogP contribution < -0.4 is 54.4 Å². The number of carbonyl (C=O) groups is 9. The van der Waals surface area contributed by atoms with E-state index in [0.29, 0.717) is 21.7 Å². The lowest BCUT2D eigenvalue weighted by Gasteiger charge is -2.28. The molecule has 15 N–H and O–H groups in total. The zero-order valence-electron chi connectivity index (χ0n) is 38.0. The standard InChI is InChI=1S/C44H57N15O9S2/c1-23(53-42(67)34(21-70)59-35(60)19-51-44(59)68)37(62)55-32(16-26-18-48-22-52-26)41(66)56-30(14-24-8-3-2-4-9-24)39(64)54-29(12-7-13-49-43(46)47)38(63)57-31(40(65)58-33(20-69)36(45)61)15-25-17-50-28-11-6-5-10-27(25)28/h2-6,8-11,17-18,22-23,29-34,50,69-70H,7,12-16,19-21H2,1H3,(H2,45,61)(H,48,52)(H,51,68)(H,53,67)(H,54,64)(H,55,62)(H,56,66)(H,57,63)(H,58,65)(H4,46,47,49)/t23-,29+,30-,31+,32+,33+,34+/m1/s1. The van der Waals surface area contributed by atoms with Crippen molar-refractivity contribution in [2.24, 2.45) is 22.2 Å². The van der Waals surface area contributed by atoms with Gasteiger partial charge in [-0.05, 0) is 37.0 Å². The van der Waals surface area contributed by atoms with Gasteiger partial charge in [0, 0.05) is 66.3 Å². The third-order valence-electron chi connectivity index (χ3n) is 11.1. The quantitative estimate of drug-likeness (QED) is 0.00996. The summed E-state index contributed by atoms with van der Waals surface area (Å²) in [6.45, 7) is 1.08. The second-order valence-electron chi connectivity index (χ2n) is 16.2. The summed E-state index contributed by atoms with van der Waals surface area (Å²) in [4.78, 5) is 135. The Bertz CT molecular complexity index is 2520. The van der Waals surface area contributed by atoms with E-state index in [9.17, 15) is 43.2 Å². The zero-order valence-corrected chi connectivity index (χ0v) is 39.8. The molecule has 2 aromatic heterocycles. The molecule has 0 bridgehead atoms. The number of aromatic nitrogens is 3. The van der Waals surface area contributed by atoms with Crippen molar-refractivity contribution in [1.82, 2.24) is 57.1 Å². The average molecular weight is 1000 g/mol. The number of imidazole rings is 1. The van der Waals surface area contributed by atoms with E-state index in [1.165, 1.54) is 19.4 Å². The largest absolute Gasteiger partial charge is 0.370 e. The number of thiol groups is 2. The number of guanidine groups is 1. The van der Waals surface area contributed by atoms with Crippen LogP contribution in [0.25, 0.3) is 10.9 Å². The number of fused-ring (bicyclic) bond motifs is 1. The monoisotopic (exact) mass is 1000 g/mol. The normalized spacial score (nSPS) is 15.2. The minimum Gasteiger partial charge on any atom is -0.370 e. The van der Waals surface area contributed by atoms with Crippen LogP contribution >= 0.6 is 25.3 Å². The number of hydrogen-bond donors (Lipinski definition) is 14. The van der Waals surface area contributed by atoms with Gasteiger partial charge in [-0.2, -0.15) is 25.3 Å². The molecule has 5 rings (SSSR count). The molecule has 7 atom stereocenters. The molecule has 1 fully saturated rings. The number of nitrogens with zero attached hydrogens (tertiary/aromatic N) is 3. The minimum atomic E-state index is -1.39. The van der Waals surface area contributed by atoms with E-state index in [0.717, 1.165) is 10.9 Å². The Morgan fingerprint density at radius 3 is 1.91 bits per heavy atom. The van der Waals surface area contributed by atoms with Gasteiger partial charge in [0.05, 0.1) is 12.9 Å². The number of urea groups is 1. The van der Waals surface area contributed by atoms with Gasteiger partial charge < -0.3 is 64.4 Å². The minimum absolute atomic E-state index is 0.0578. The molecule has 1 saturated heterocycles. The van der Waals surface area contributed by atoms with Crippen LogP contribution in [0.3, 0.4) is 0 Å². The summed E-state index contributed by atoms with van der Waals surface area (Å²) < 4.78 is 0. The van der Waals surface area contributed by atoms with Gasteiger partial charge >= 0.3 is 6.03 Å². The van der Waals surface area contributed by atoms with Crippen molar-refractivity contribution in [2.75, 3.05) is 24.6 Å². The zero-order chi connectivity index (χ0) is 50.9. The number of H-pyrrole nitrogens is 2. The average Bonchev–Trinajstić information content (AvgIpc) is 4.09. The van der Waals surface area contributed by atoms with E-state index in [-0.39, 0.29) is 62.7 Å². The van der Waals surface area contributed by atoms with E-state index in [1.54, 1.807) is 36.5 Å². The van der Waals surface area contributed by atoms with Gasteiger partial charge in [-0.15, -0.1) is 0 Å². The topological polar surface area (TPSA) is 376 Å². The Kier molecular flexibility index (Phi) is 19.6. The Balaban J connectivity index is 1.40. The molecule has 2 aromatic carbocycles. The summed E-state index contributed by atoms with van der Waals surface area (Å²) in [7, 11) is 0. The molecule has 0 spiro atoms. The molecule has 0 radical (unpaired) electrons. The van der Waals surface area contributed by atoms with Crippen LogP contribution in [0.4, 0.5) is 4.79 Å². The molecule has 1 aliphatic rings. The lowest BCUT2D eigenvalue weighted by Crippen LogP contribution is -2.60. The number of aliphatic imine (C=N–C) groups is 1. The van der Waals surface area contributed by atoms with Crippen LogP contribution in [0.5, 0.6) is 0 Å². The number of aromatic amines is 2. The first-order chi connectivity index (χ1) is 33.5. The highest BCUT2D eigenvalue weighted by atomic mass is 32.1. The molecule has 0 saturated carbocycles. The molecule has 26 heteroatoms. The van der Waals surface area contributed by atoms with Gasteiger partial charge in [-0.25, -0.2) is 14.7 Å². The van der Waals surface area contributed by atoms with Crippen LogP contribution in [0.1, 0.15) is 36.6 Å². The van der Waals surface area contributed by atoms with Crippen LogP contribution in [0.2, 0.25) is 0 Å². The van der Waals surface area contributed by atoms with Gasteiger partial charge in [0.1, 0.15) is 42.3 Å². The third kappa shape index (κ3) is 14.9. The van der Waals surface area contributed by atoms with Crippen molar-refractivity contribution in [3.8, 4) is 0 Å². The second-order valence-corrected chi connectivity index (χ2v) is 17.0. The molecule has 0 aliphatic carbocycles. The lowest BCUT2D eigenvalue weighted by molar-refractivity contribution is -0.136. The maximum absolute atomic E-state index is 14.5. The summed E-state index contributed by atoms with van der Waals surface area (Å²) >= 11 is 8.27. The van der Waals surface area contributed by atoms with Gasteiger partial charge in [0.2, 0.25) is 41.4 Å². The predicted octanol–water partition coefficient (Wildman–Crippen LogP) is -2.83. The second kappa shape index (κ2) is 25.7. The van der Waals surface area contributed by atoms with Crippen molar-refractivity contribution in [1.29, 1.82) is 0 Å². The number of rotatable bonds is 26. The molecule has 1 aliphatic heterocycles. The highest BCUT2D eigenvalue weighted by molar-refractivity contribution is 7.80. The van der Waals surface area contributed by atoms with Gasteiger partial charge in [-0.3, -0.25) is 43.3 Å². The molecular formula is C44H57N15O9S2. The third-order valence-corrected chi connectivity index (χ3v) is 11.8. The molecule has 3 heterocycles. The number of carbonyl (C=O) groups excluding carboxylic acids is 9. The number of nitrogens with one attached hydrogen (secondary N) is 9. The summed E-state index contributed by atoms with van der Waals surface area (Å²) in [5, 5.41) is 18.9. The molecule has 4 aromatic rings. The predicted molar refractivity (Wildman–Crippen MR) is 263 cm³/mol. The molecule has 70 heavy (non-hydrogen) atoms. The van der Waals surface area contributed by atoms with Crippen molar-refractivity contribution < 1.29 is 43.2 Å². The molecule has 0 unspecified atom stereocenters. The van der Waals surface area contributed by atoms with E-state index >= 15 is 0 Å². The van der Waals surface area contributed by atoms with E-state index in [4.69, 9.17) is 17.2 Å². The van der Waals surface area contributed by atoms with E-state index in [2.05, 4.69) is 82.4 Å². The van der Waals surface area contributed by atoms with Crippen LogP contribution in [0.15, 0.2) is 78.3 Å². The number of amides is 10. The number of primary amides is 1. The Morgan fingerprint density at radius 2 is 1.31 bits per heavy atom. The summed E-state index contributed by atoms with van der Waals surface area (Å²) in [6, 6.07) is 5.85. The Hall–Kier alpha value is -7.61. The molecule has 24 nitrogen and oxygen atoms in total. The highest BCUT2D eigenvalue weighted by Crippen LogP contribution is 2.20. The van der Waals surface area contributed by atoms with Gasteiger partial charge in [0.25, 0.3) is 5.91 Å². The van der Waals surface area contributed by atoms with Gasteiger partial charge in [-0.1, -0.05) is 48.5 Å². The number of para-hydroxylation sites is 1. The fraction of sp³-hybridized carbons (Fsp3) is 0.386. The summed E-state index contributed by atoms with van der Waals surface area (Å²) in [5.41, 5.74) is 19.0. The smallest absolute Gasteiger partial charge is 0.325 e. The number of nitrogens with two attached hydrogens (primary N) is 3. The SMILES string of the molecule is C[C@@H](NC(=O)[C@H](CS)N1C(=O)CNC1=O)C(=O)N[C@@H](Cc1cnc[nH]1)C(=O)N[C@H](Cc1ccccc1)C(=O)N[C@@H](CCCN=C(N)N)C(=O)N[C@@H](Cc1c[nH]c2ccccc12)C(=O)N[C@@H](CS)C(N)=O. The first-order valence-electron chi connectivity index (χ1n) is 22.0. The van der Waals surface area contributed by atoms with Crippen molar-refractivity contribution in [2.45, 2.75) is 81.3 Å². The van der Waals surface area contributed by atoms with E-state index in [1.807, 2.05) is 24.3 Å². The molecule has 10 amide bonds. The number of benzene rings is 2. The lowest BCUT2D eigenvalue weighted by atomic mass is 10.0. The maximum Gasteiger partial charge on any atom is 0.325 e. The van der Waals surface area contributed by atoms with E-state index < -0.39 is 95.6 Å². The van der Waals surface area contributed by atoms with Crippen molar-refractivity contribution in [3.05, 3.63) is 90.1 Å². The Labute approximate surface area is 412 Å². The first kappa shape index (κ1) is 53.3. The summed E-state index contributed by atoms with van der Waals surface area (Å²) in [6.07, 6.45) is 4.24. The highest BCUT2D eigenvalue weighted by Gasteiger charge is 2.39. The van der Waals surface area contributed by atoms with Crippen LogP contribution in [-0.2, 0) is 57.6 Å². The maximum atomic E-state index is 14.5. The van der Waals surface area contributed by atoms with Crippen LogP contribution in [0, 0.1) is 0 Å². The number of imide groups is 1. The van der Waals surface area contributed by atoms with Crippen molar-refractivity contribution >= 4 is 95.4 Å². The first-order valence-corrected chi connectivity index (χ1v) is 23.3. The molecule has 374 valence electrons. The van der Waals surface area contributed by atoms with Gasteiger partial charge in [0.15, 0.2) is 5.96 Å². The Morgan fingerprint density at radius 1 is 0.714 bits per heavy atom. The molecular weight excluding hydrogens is 947 g/mol. The van der Waals surface area contributed by atoms with Crippen molar-refractivity contribution in [3.63, 3.8) is 0 Å². The van der Waals surface area contributed by atoms with Crippen LogP contribution in [-0.4, -0.2) is 146 Å². The number of hydrogen-bond acceptors (Lipinski definition) is 13. The fourth-order valence-corrected chi connectivity index (χ4v) is 7.99. The fourth-order valence-electron chi connectivity index (χ4n) is 7.39. The summed E-state index contributed by atoms with van der Waals surface area (Å²) in [5.74, 6) is -7.02.